The van der Waals surface area contributed by atoms with Crippen molar-refractivity contribution in [1.82, 2.24) is 9.78 Å². The third-order valence-corrected chi connectivity index (χ3v) is 4.63. The molecule has 4 aromatic rings. The first kappa shape index (κ1) is 17.7. The lowest BCUT2D eigenvalue weighted by Crippen LogP contribution is -2.05. The van der Waals surface area contributed by atoms with Crippen molar-refractivity contribution in [1.29, 1.82) is 0 Å². The predicted octanol–water partition coefficient (Wildman–Crippen LogP) is 5.35. The van der Waals surface area contributed by atoms with Gasteiger partial charge in [0.05, 0.1) is 11.4 Å². The number of aromatic nitrogens is 2. The highest BCUT2D eigenvalue weighted by Gasteiger charge is 2.13. The molecule has 1 aromatic heterocycles. The predicted molar refractivity (Wildman–Crippen MR) is 113 cm³/mol. The van der Waals surface area contributed by atoms with E-state index in [4.69, 9.17) is 5.10 Å². The average Bonchev–Trinajstić information content (AvgIpc) is 3.18. The molecule has 4 rings (SSSR count). The van der Waals surface area contributed by atoms with Crippen LogP contribution in [0.1, 0.15) is 22.8 Å². The molecule has 1 N–H and O–H groups in total. The van der Waals surface area contributed by atoms with E-state index < -0.39 is 0 Å². The Labute approximate surface area is 164 Å². The first-order chi connectivity index (χ1) is 13.7. The Balaban J connectivity index is 1.70. The fraction of sp³-hybridized carbons (Fsp3) is 0.0833. The van der Waals surface area contributed by atoms with Gasteiger partial charge in [-0.2, -0.15) is 5.10 Å². The molecule has 0 amide bonds. The summed E-state index contributed by atoms with van der Waals surface area (Å²) in [4.78, 5) is 11.9. The van der Waals surface area contributed by atoms with Gasteiger partial charge in [0.1, 0.15) is 0 Å². The van der Waals surface area contributed by atoms with Crippen molar-refractivity contribution in [2.45, 2.75) is 13.5 Å². The Hall–Kier alpha value is -3.66. The van der Waals surface area contributed by atoms with Crippen molar-refractivity contribution >= 4 is 11.5 Å². The number of hydrogen-bond acceptors (Lipinski definition) is 3. The molecule has 0 saturated carbocycles. The minimum absolute atomic E-state index is 0.0476. The molecule has 1 heterocycles. The first-order valence-electron chi connectivity index (χ1n) is 9.25. The highest BCUT2D eigenvalue weighted by Crippen LogP contribution is 2.25. The van der Waals surface area contributed by atoms with Gasteiger partial charge < -0.3 is 5.32 Å². The van der Waals surface area contributed by atoms with Gasteiger partial charge in [-0.25, -0.2) is 4.68 Å². The second-order valence-corrected chi connectivity index (χ2v) is 6.60. The van der Waals surface area contributed by atoms with Crippen molar-refractivity contribution in [2.24, 2.45) is 0 Å². The Kier molecular flexibility index (Phi) is 5.02. The molecule has 0 saturated heterocycles. The van der Waals surface area contributed by atoms with Crippen molar-refractivity contribution in [3.63, 3.8) is 0 Å². The van der Waals surface area contributed by atoms with E-state index >= 15 is 0 Å². The van der Waals surface area contributed by atoms with Gasteiger partial charge in [0.2, 0.25) is 0 Å². The topological polar surface area (TPSA) is 46.9 Å². The molecule has 0 fully saturated rings. The van der Waals surface area contributed by atoms with E-state index in [0.717, 1.165) is 28.2 Å². The molecule has 0 aliphatic rings. The molecule has 0 unspecified atom stereocenters. The Bertz CT molecular complexity index is 1090. The van der Waals surface area contributed by atoms with Crippen molar-refractivity contribution in [3.05, 3.63) is 102 Å². The zero-order chi connectivity index (χ0) is 19.3. The quantitative estimate of drug-likeness (QED) is 0.467. The minimum atomic E-state index is 0.0476. The van der Waals surface area contributed by atoms with E-state index in [9.17, 15) is 4.79 Å². The van der Waals surface area contributed by atoms with Crippen molar-refractivity contribution < 1.29 is 4.79 Å². The molecule has 138 valence electrons. The maximum Gasteiger partial charge on any atom is 0.161 e. The molecule has 28 heavy (non-hydrogen) atoms. The van der Waals surface area contributed by atoms with Crippen LogP contribution in [-0.2, 0) is 6.54 Å². The third-order valence-electron chi connectivity index (χ3n) is 4.63. The Morgan fingerprint density at radius 2 is 1.54 bits per heavy atom. The molecular weight excluding hydrogens is 346 g/mol. The molecule has 0 radical (unpaired) electrons. The van der Waals surface area contributed by atoms with E-state index in [1.165, 1.54) is 0 Å². The summed E-state index contributed by atoms with van der Waals surface area (Å²) in [5.74, 6) is 0.0476. The van der Waals surface area contributed by atoms with E-state index in [2.05, 4.69) is 17.4 Å². The van der Waals surface area contributed by atoms with E-state index in [0.29, 0.717) is 12.1 Å². The lowest BCUT2D eigenvalue weighted by atomic mass is 10.1. The van der Waals surface area contributed by atoms with Crippen LogP contribution in [0.4, 0.5) is 5.69 Å². The number of nitrogens with zero attached hydrogens (tertiary/aromatic N) is 2. The van der Waals surface area contributed by atoms with Gasteiger partial charge in [-0.3, -0.25) is 4.79 Å². The summed E-state index contributed by atoms with van der Waals surface area (Å²) in [6, 6.07) is 27.8. The molecule has 0 bridgehead atoms. The van der Waals surface area contributed by atoms with Crippen LogP contribution in [-0.4, -0.2) is 15.6 Å². The number of ketones is 1. The third kappa shape index (κ3) is 3.71. The van der Waals surface area contributed by atoms with E-state index in [-0.39, 0.29) is 5.78 Å². The molecule has 0 atom stereocenters. The Morgan fingerprint density at radius 1 is 0.893 bits per heavy atom. The van der Waals surface area contributed by atoms with Crippen LogP contribution < -0.4 is 5.32 Å². The maximum absolute atomic E-state index is 11.9. The SMILES string of the molecule is CC(=O)c1ccccc1NCc1cn(-c2ccccc2)nc1-c1ccccc1. The van der Waals surface area contributed by atoms with Gasteiger partial charge >= 0.3 is 0 Å². The van der Waals surface area contributed by atoms with Crippen LogP contribution >= 0.6 is 0 Å². The van der Waals surface area contributed by atoms with Crippen LogP contribution in [0.2, 0.25) is 0 Å². The van der Waals surface area contributed by atoms with Crippen LogP contribution in [0.5, 0.6) is 0 Å². The molecule has 0 aliphatic heterocycles. The second kappa shape index (κ2) is 7.92. The molecule has 0 aliphatic carbocycles. The fourth-order valence-electron chi connectivity index (χ4n) is 3.23. The number of benzene rings is 3. The largest absolute Gasteiger partial charge is 0.380 e. The summed E-state index contributed by atoms with van der Waals surface area (Å²) in [6.45, 7) is 2.16. The Morgan fingerprint density at radius 3 is 2.25 bits per heavy atom. The summed E-state index contributed by atoms with van der Waals surface area (Å²) < 4.78 is 1.90. The standard InChI is InChI=1S/C24H21N3O/c1-18(28)22-14-8-9-15-23(22)25-16-20-17-27(21-12-6-3-7-13-21)26-24(20)19-10-4-2-5-11-19/h2-15,17,25H,16H2,1H3. The van der Waals surface area contributed by atoms with Crippen LogP contribution in [0.15, 0.2) is 91.1 Å². The van der Waals surface area contributed by atoms with E-state index in [1.807, 2.05) is 83.7 Å². The number of para-hydroxylation sites is 2. The highest BCUT2D eigenvalue weighted by molar-refractivity contribution is 5.99. The monoisotopic (exact) mass is 367 g/mol. The van der Waals surface area contributed by atoms with E-state index in [1.54, 1.807) is 6.92 Å². The van der Waals surface area contributed by atoms with Gasteiger partial charge in [0.25, 0.3) is 0 Å². The summed E-state index contributed by atoms with van der Waals surface area (Å²) in [7, 11) is 0. The smallest absolute Gasteiger partial charge is 0.161 e. The molecule has 3 aromatic carbocycles. The molecule has 0 spiro atoms. The first-order valence-corrected chi connectivity index (χ1v) is 9.25. The van der Waals surface area contributed by atoms with Gasteiger partial charge in [-0.15, -0.1) is 0 Å². The number of hydrogen-bond donors (Lipinski definition) is 1. The minimum Gasteiger partial charge on any atom is -0.380 e. The molecule has 4 heteroatoms. The number of nitrogens with one attached hydrogen (secondary N) is 1. The zero-order valence-electron chi connectivity index (χ0n) is 15.7. The van der Waals surface area contributed by atoms with Crippen LogP contribution in [0.25, 0.3) is 16.9 Å². The molecule has 4 nitrogen and oxygen atoms in total. The summed E-state index contributed by atoms with van der Waals surface area (Å²) in [6.07, 6.45) is 2.04. The van der Waals surface area contributed by atoms with Gasteiger partial charge in [-0.1, -0.05) is 60.7 Å². The lowest BCUT2D eigenvalue weighted by molar-refractivity contribution is 0.101. The average molecular weight is 367 g/mol. The van der Waals surface area contributed by atoms with Crippen LogP contribution in [0, 0.1) is 0 Å². The lowest BCUT2D eigenvalue weighted by Gasteiger charge is -2.10. The zero-order valence-corrected chi connectivity index (χ0v) is 15.7. The fourth-order valence-corrected chi connectivity index (χ4v) is 3.23. The second-order valence-electron chi connectivity index (χ2n) is 6.60. The highest BCUT2D eigenvalue weighted by atomic mass is 16.1. The number of carbonyl (C=O) groups is 1. The summed E-state index contributed by atoms with van der Waals surface area (Å²) in [5, 5.41) is 8.24. The number of carbonyl (C=O) groups excluding carboxylic acids is 1. The number of anilines is 1. The summed E-state index contributed by atoms with van der Waals surface area (Å²) >= 11 is 0. The number of rotatable bonds is 6. The number of Topliss-reactive ketones (excluding diaryl/α,β-unsaturated/α-hetero) is 1. The van der Waals surface area contributed by atoms with Gasteiger partial charge in [0.15, 0.2) is 5.78 Å². The maximum atomic E-state index is 11.9. The van der Waals surface area contributed by atoms with Crippen LogP contribution in [0.3, 0.4) is 0 Å². The van der Waals surface area contributed by atoms with Crippen molar-refractivity contribution in [3.8, 4) is 16.9 Å². The normalized spacial score (nSPS) is 10.6. The molecular formula is C24H21N3O. The van der Waals surface area contributed by atoms with Crippen molar-refractivity contribution in [2.75, 3.05) is 5.32 Å². The summed E-state index contributed by atoms with van der Waals surface area (Å²) in [5.41, 5.74) is 5.59. The van der Waals surface area contributed by atoms with Gasteiger partial charge in [0, 0.05) is 35.1 Å². The van der Waals surface area contributed by atoms with Gasteiger partial charge in [-0.05, 0) is 31.2 Å².